The molecule has 0 aliphatic rings. The number of hydrogen-bond acceptors (Lipinski definition) is 5. The second-order valence-electron chi connectivity index (χ2n) is 7.18. The molecule has 0 N–H and O–H groups in total. The van der Waals surface area contributed by atoms with E-state index < -0.39 is 0 Å². The Hall–Kier alpha value is -2.99. The SMILES string of the molecule is CC.Cc1c(OCc2ccccc2)cc(C)n(Cc2cnc(CN(C)C)cn2)c1=O. The van der Waals surface area contributed by atoms with Crippen LogP contribution < -0.4 is 10.3 Å². The van der Waals surface area contributed by atoms with Gasteiger partial charge < -0.3 is 14.2 Å². The van der Waals surface area contributed by atoms with Gasteiger partial charge in [0.25, 0.3) is 5.56 Å². The molecule has 3 aromatic rings. The van der Waals surface area contributed by atoms with Gasteiger partial charge in [0.2, 0.25) is 0 Å². The molecule has 0 aliphatic heterocycles. The smallest absolute Gasteiger partial charge is 0.257 e. The topological polar surface area (TPSA) is 60.2 Å². The molecule has 0 fully saturated rings. The third-order valence-corrected chi connectivity index (χ3v) is 4.50. The summed E-state index contributed by atoms with van der Waals surface area (Å²) in [5, 5.41) is 0. The van der Waals surface area contributed by atoms with Crippen LogP contribution in [0.1, 0.15) is 42.1 Å². The van der Waals surface area contributed by atoms with Crippen LogP contribution in [0.15, 0.2) is 53.6 Å². The fraction of sp³-hybridized carbons (Fsp3) is 0.375. The lowest BCUT2D eigenvalue weighted by molar-refractivity contribution is 0.302. The molecule has 2 heterocycles. The van der Waals surface area contributed by atoms with Crippen molar-refractivity contribution >= 4 is 0 Å². The van der Waals surface area contributed by atoms with Crippen LogP contribution >= 0.6 is 0 Å². The monoisotopic (exact) mass is 408 g/mol. The Bertz CT molecular complexity index is 981. The largest absolute Gasteiger partial charge is 0.488 e. The zero-order valence-corrected chi connectivity index (χ0v) is 18.8. The average Bonchev–Trinajstić information content (AvgIpc) is 2.76. The maximum absolute atomic E-state index is 12.9. The summed E-state index contributed by atoms with van der Waals surface area (Å²) in [7, 11) is 3.98. The Labute approximate surface area is 179 Å². The quantitative estimate of drug-likeness (QED) is 0.592. The Morgan fingerprint density at radius 2 is 1.63 bits per heavy atom. The van der Waals surface area contributed by atoms with E-state index in [4.69, 9.17) is 4.74 Å². The average molecular weight is 409 g/mol. The molecule has 0 amide bonds. The van der Waals surface area contributed by atoms with Gasteiger partial charge in [-0.2, -0.15) is 0 Å². The highest BCUT2D eigenvalue weighted by atomic mass is 16.5. The Morgan fingerprint density at radius 3 is 2.23 bits per heavy atom. The van der Waals surface area contributed by atoms with Crippen molar-refractivity contribution < 1.29 is 4.74 Å². The Morgan fingerprint density at radius 1 is 1.00 bits per heavy atom. The first kappa shape index (κ1) is 23.3. The first-order chi connectivity index (χ1) is 14.4. The van der Waals surface area contributed by atoms with Gasteiger partial charge in [0.15, 0.2) is 0 Å². The van der Waals surface area contributed by atoms with Crippen LogP contribution in [0.25, 0.3) is 0 Å². The minimum atomic E-state index is -0.0674. The molecule has 160 valence electrons. The minimum absolute atomic E-state index is 0.0674. The van der Waals surface area contributed by atoms with E-state index in [0.29, 0.717) is 24.5 Å². The molecule has 0 aliphatic carbocycles. The maximum Gasteiger partial charge on any atom is 0.257 e. The van der Waals surface area contributed by atoms with Crippen molar-refractivity contribution in [3.8, 4) is 5.75 Å². The highest BCUT2D eigenvalue weighted by molar-refractivity contribution is 5.33. The number of benzene rings is 1. The predicted octanol–water partition coefficient (Wildman–Crippen LogP) is 3.97. The molecule has 3 rings (SSSR count). The van der Waals surface area contributed by atoms with E-state index in [9.17, 15) is 4.79 Å². The summed E-state index contributed by atoms with van der Waals surface area (Å²) in [5.41, 5.74) is 4.08. The first-order valence-electron chi connectivity index (χ1n) is 10.3. The summed E-state index contributed by atoms with van der Waals surface area (Å²) in [6.07, 6.45) is 3.50. The fourth-order valence-electron chi connectivity index (χ4n) is 2.96. The van der Waals surface area contributed by atoms with Gasteiger partial charge in [-0.05, 0) is 39.6 Å². The van der Waals surface area contributed by atoms with Crippen LogP contribution in [0.3, 0.4) is 0 Å². The number of aromatic nitrogens is 3. The van der Waals surface area contributed by atoms with Crippen molar-refractivity contribution in [3.63, 3.8) is 0 Å². The molecule has 0 saturated carbocycles. The summed E-state index contributed by atoms with van der Waals surface area (Å²) in [6, 6.07) is 11.8. The van der Waals surface area contributed by atoms with Crippen molar-refractivity contribution in [2.75, 3.05) is 14.1 Å². The standard InChI is InChI=1S/C22H26N4O2.C2H6/c1-16-10-21(28-15-18-8-6-5-7-9-18)17(2)22(27)26(16)14-20-12-23-19(11-24-20)13-25(3)4;1-2/h5-12H,13-15H2,1-4H3;1-2H3. The molecule has 0 unspecified atom stereocenters. The zero-order chi connectivity index (χ0) is 22.1. The summed E-state index contributed by atoms with van der Waals surface area (Å²) < 4.78 is 7.61. The molecule has 0 saturated heterocycles. The van der Waals surface area contributed by atoms with E-state index >= 15 is 0 Å². The van der Waals surface area contributed by atoms with E-state index in [1.165, 1.54) is 0 Å². The number of ether oxygens (including phenoxy) is 1. The van der Waals surface area contributed by atoms with Gasteiger partial charge in [0, 0.05) is 12.2 Å². The maximum atomic E-state index is 12.9. The number of rotatable bonds is 7. The van der Waals surface area contributed by atoms with Crippen molar-refractivity contribution in [2.24, 2.45) is 0 Å². The molecular formula is C24H32N4O2. The highest BCUT2D eigenvalue weighted by Crippen LogP contribution is 2.18. The van der Waals surface area contributed by atoms with Crippen LogP contribution in [-0.2, 0) is 19.7 Å². The van der Waals surface area contributed by atoms with Crippen LogP contribution in [0, 0.1) is 13.8 Å². The number of hydrogen-bond donors (Lipinski definition) is 0. The molecular weight excluding hydrogens is 376 g/mol. The summed E-state index contributed by atoms with van der Waals surface area (Å²) >= 11 is 0. The second kappa shape index (κ2) is 11.3. The predicted molar refractivity (Wildman–Crippen MR) is 121 cm³/mol. The summed E-state index contributed by atoms with van der Waals surface area (Å²) in [4.78, 5) is 23.8. The second-order valence-corrected chi connectivity index (χ2v) is 7.18. The van der Waals surface area contributed by atoms with E-state index in [2.05, 4.69) is 9.97 Å². The first-order valence-corrected chi connectivity index (χ1v) is 10.3. The van der Waals surface area contributed by atoms with Gasteiger partial charge >= 0.3 is 0 Å². The fourth-order valence-corrected chi connectivity index (χ4v) is 2.96. The van der Waals surface area contributed by atoms with Gasteiger partial charge in [-0.15, -0.1) is 0 Å². The molecule has 0 radical (unpaired) electrons. The van der Waals surface area contributed by atoms with Gasteiger partial charge in [-0.3, -0.25) is 14.8 Å². The van der Waals surface area contributed by atoms with Crippen molar-refractivity contribution in [1.29, 1.82) is 0 Å². The molecule has 0 bridgehead atoms. The Kier molecular flexibility index (Phi) is 8.74. The van der Waals surface area contributed by atoms with Crippen LogP contribution in [0.2, 0.25) is 0 Å². The number of pyridine rings is 1. The molecule has 2 aromatic heterocycles. The third kappa shape index (κ3) is 6.26. The Balaban J connectivity index is 0.00000155. The molecule has 6 heteroatoms. The molecule has 0 spiro atoms. The lowest BCUT2D eigenvalue weighted by atomic mass is 10.2. The van der Waals surface area contributed by atoms with E-state index in [1.807, 2.05) is 76.2 Å². The summed E-state index contributed by atoms with van der Waals surface area (Å²) in [6.45, 7) is 9.26. The lowest BCUT2D eigenvalue weighted by Gasteiger charge is -2.15. The third-order valence-electron chi connectivity index (χ3n) is 4.50. The zero-order valence-electron chi connectivity index (χ0n) is 18.8. The normalized spacial score (nSPS) is 10.5. The van der Waals surface area contributed by atoms with Crippen LogP contribution in [0.5, 0.6) is 5.75 Å². The molecule has 0 atom stereocenters. The molecule has 6 nitrogen and oxygen atoms in total. The van der Waals surface area contributed by atoms with E-state index in [1.54, 1.807) is 23.9 Å². The molecule has 30 heavy (non-hydrogen) atoms. The summed E-state index contributed by atoms with van der Waals surface area (Å²) in [5.74, 6) is 0.620. The van der Waals surface area contributed by atoms with Gasteiger partial charge in [0.1, 0.15) is 12.4 Å². The number of nitrogens with zero attached hydrogens (tertiary/aromatic N) is 4. The highest BCUT2D eigenvalue weighted by Gasteiger charge is 2.12. The van der Waals surface area contributed by atoms with Crippen LogP contribution in [-0.4, -0.2) is 33.5 Å². The van der Waals surface area contributed by atoms with Crippen molar-refractivity contribution in [3.05, 3.63) is 87.4 Å². The van der Waals surface area contributed by atoms with Crippen molar-refractivity contribution in [1.82, 2.24) is 19.4 Å². The lowest BCUT2D eigenvalue weighted by Crippen LogP contribution is -2.26. The van der Waals surface area contributed by atoms with Gasteiger partial charge in [-0.1, -0.05) is 44.2 Å². The minimum Gasteiger partial charge on any atom is -0.488 e. The van der Waals surface area contributed by atoms with E-state index in [0.717, 1.165) is 29.2 Å². The molecule has 1 aromatic carbocycles. The van der Waals surface area contributed by atoms with Gasteiger partial charge in [-0.25, -0.2) is 0 Å². The van der Waals surface area contributed by atoms with Gasteiger partial charge in [0.05, 0.1) is 35.9 Å². The number of aryl methyl sites for hydroxylation is 1. The van der Waals surface area contributed by atoms with E-state index in [-0.39, 0.29) is 5.56 Å². The van der Waals surface area contributed by atoms with Crippen LogP contribution in [0.4, 0.5) is 0 Å². The van der Waals surface area contributed by atoms with Crippen molar-refractivity contribution in [2.45, 2.75) is 47.4 Å².